The van der Waals surface area contributed by atoms with Crippen molar-refractivity contribution in [1.29, 1.82) is 0 Å². The van der Waals surface area contributed by atoms with Gasteiger partial charge in [-0.15, -0.1) is 0 Å². The Hall–Kier alpha value is -0.120. The second-order valence-corrected chi connectivity index (χ2v) is 4.79. The smallest absolute Gasteiger partial charge is 0.0615 e. The second kappa shape index (κ2) is 9.86. The molecule has 17 heavy (non-hydrogen) atoms. The molecule has 0 aliphatic carbocycles. The van der Waals surface area contributed by atoms with Gasteiger partial charge in [0.2, 0.25) is 0 Å². The van der Waals surface area contributed by atoms with Gasteiger partial charge >= 0.3 is 0 Å². The summed E-state index contributed by atoms with van der Waals surface area (Å²) in [5.41, 5.74) is 0. The predicted molar refractivity (Wildman–Crippen MR) is 75.6 cm³/mol. The molecule has 0 aromatic heterocycles. The Bertz CT molecular complexity index is 176. The summed E-state index contributed by atoms with van der Waals surface area (Å²) < 4.78 is 5.29. The van der Waals surface area contributed by atoms with Gasteiger partial charge in [0.05, 0.1) is 6.61 Å². The fourth-order valence-electron chi connectivity index (χ4n) is 2.80. The normalized spacial score (nSPS) is 17.1. The third-order valence-electron chi connectivity index (χ3n) is 3.62. The number of nitrogens with one attached hydrogen (secondary N) is 1. The molecular formula is C14H32N2O. The standard InChI is InChI=1S/C14H32N2O/c1-7-10-13(15-5)14(8-2)16(9-3)12(4)11-17-6/h12-15H,7-11H2,1-6H3. The highest BCUT2D eigenvalue weighted by Gasteiger charge is 2.26. The highest BCUT2D eigenvalue weighted by molar-refractivity contribution is 4.85. The van der Waals surface area contributed by atoms with Crippen molar-refractivity contribution in [3.05, 3.63) is 0 Å². The zero-order valence-corrected chi connectivity index (χ0v) is 12.6. The Balaban J connectivity index is 4.64. The van der Waals surface area contributed by atoms with Gasteiger partial charge in [-0.25, -0.2) is 0 Å². The van der Waals surface area contributed by atoms with E-state index in [0.29, 0.717) is 18.1 Å². The van der Waals surface area contributed by atoms with E-state index in [9.17, 15) is 0 Å². The molecule has 0 spiro atoms. The molecule has 3 unspecified atom stereocenters. The summed E-state index contributed by atoms with van der Waals surface area (Å²) in [5.74, 6) is 0. The number of rotatable bonds is 10. The van der Waals surface area contributed by atoms with Crippen molar-refractivity contribution in [3.63, 3.8) is 0 Å². The Morgan fingerprint density at radius 1 is 1.24 bits per heavy atom. The van der Waals surface area contributed by atoms with E-state index < -0.39 is 0 Å². The van der Waals surface area contributed by atoms with Crippen LogP contribution in [-0.4, -0.2) is 50.3 Å². The summed E-state index contributed by atoms with van der Waals surface area (Å²) in [6.07, 6.45) is 3.66. The first-order valence-corrected chi connectivity index (χ1v) is 7.07. The minimum atomic E-state index is 0.489. The fourth-order valence-corrected chi connectivity index (χ4v) is 2.80. The Morgan fingerprint density at radius 3 is 2.24 bits per heavy atom. The summed E-state index contributed by atoms with van der Waals surface area (Å²) in [4.78, 5) is 2.57. The Morgan fingerprint density at radius 2 is 1.88 bits per heavy atom. The number of methoxy groups -OCH3 is 1. The molecule has 0 fully saturated rings. The molecule has 0 heterocycles. The lowest BCUT2D eigenvalue weighted by Gasteiger charge is -2.39. The van der Waals surface area contributed by atoms with Crippen molar-refractivity contribution >= 4 is 0 Å². The lowest BCUT2D eigenvalue weighted by atomic mass is 9.98. The minimum Gasteiger partial charge on any atom is -0.383 e. The lowest BCUT2D eigenvalue weighted by Crippen LogP contribution is -2.53. The summed E-state index contributed by atoms with van der Waals surface area (Å²) >= 11 is 0. The molecular weight excluding hydrogens is 212 g/mol. The van der Waals surface area contributed by atoms with Crippen LogP contribution in [0.15, 0.2) is 0 Å². The van der Waals surface area contributed by atoms with Crippen LogP contribution < -0.4 is 5.32 Å². The molecule has 0 rings (SSSR count). The topological polar surface area (TPSA) is 24.5 Å². The van der Waals surface area contributed by atoms with Crippen molar-refractivity contribution in [2.24, 2.45) is 0 Å². The summed E-state index contributed by atoms with van der Waals surface area (Å²) in [5, 5.41) is 3.48. The quantitative estimate of drug-likeness (QED) is 0.639. The molecule has 3 heteroatoms. The third kappa shape index (κ3) is 5.36. The first-order chi connectivity index (χ1) is 8.15. The van der Waals surface area contributed by atoms with E-state index in [-0.39, 0.29) is 0 Å². The average Bonchev–Trinajstić information content (AvgIpc) is 2.33. The van der Waals surface area contributed by atoms with Gasteiger partial charge in [0, 0.05) is 25.2 Å². The van der Waals surface area contributed by atoms with E-state index in [1.54, 1.807) is 7.11 Å². The van der Waals surface area contributed by atoms with Gasteiger partial charge in [0.15, 0.2) is 0 Å². The molecule has 0 aliphatic heterocycles. The summed E-state index contributed by atoms with van der Waals surface area (Å²) in [7, 11) is 3.87. The van der Waals surface area contributed by atoms with Gasteiger partial charge in [-0.1, -0.05) is 27.2 Å². The molecule has 3 nitrogen and oxygen atoms in total. The largest absolute Gasteiger partial charge is 0.383 e. The molecule has 0 bridgehead atoms. The molecule has 0 aliphatic rings. The first kappa shape index (κ1) is 16.9. The van der Waals surface area contributed by atoms with Crippen molar-refractivity contribution in [1.82, 2.24) is 10.2 Å². The van der Waals surface area contributed by atoms with Crippen LogP contribution in [0.3, 0.4) is 0 Å². The van der Waals surface area contributed by atoms with Crippen LogP contribution in [0, 0.1) is 0 Å². The summed E-state index contributed by atoms with van der Waals surface area (Å²) in [6.45, 7) is 10.9. The summed E-state index contributed by atoms with van der Waals surface area (Å²) in [6, 6.07) is 1.68. The van der Waals surface area contributed by atoms with E-state index in [0.717, 1.165) is 13.2 Å². The van der Waals surface area contributed by atoms with E-state index in [4.69, 9.17) is 4.74 Å². The maximum Gasteiger partial charge on any atom is 0.0615 e. The maximum atomic E-state index is 5.29. The van der Waals surface area contributed by atoms with Crippen LogP contribution in [0.25, 0.3) is 0 Å². The highest BCUT2D eigenvalue weighted by Crippen LogP contribution is 2.16. The van der Waals surface area contributed by atoms with E-state index in [2.05, 4.69) is 45.0 Å². The molecule has 1 N–H and O–H groups in total. The second-order valence-electron chi connectivity index (χ2n) is 4.79. The predicted octanol–water partition coefficient (Wildman–Crippen LogP) is 2.51. The Labute approximate surface area is 108 Å². The third-order valence-corrected chi connectivity index (χ3v) is 3.62. The average molecular weight is 244 g/mol. The molecule has 0 aromatic rings. The fraction of sp³-hybridized carbons (Fsp3) is 1.00. The number of nitrogens with zero attached hydrogens (tertiary/aromatic N) is 1. The van der Waals surface area contributed by atoms with E-state index >= 15 is 0 Å². The SMILES string of the molecule is CCCC(NC)C(CC)N(CC)C(C)COC. The van der Waals surface area contributed by atoms with E-state index in [1.165, 1.54) is 19.3 Å². The van der Waals surface area contributed by atoms with Crippen LogP contribution in [0.5, 0.6) is 0 Å². The first-order valence-electron chi connectivity index (χ1n) is 7.07. The number of likely N-dealkylation sites (N-methyl/N-ethyl adjacent to an activating group) is 2. The van der Waals surface area contributed by atoms with Crippen molar-refractivity contribution in [2.45, 2.75) is 65.1 Å². The van der Waals surface area contributed by atoms with Crippen molar-refractivity contribution < 1.29 is 4.74 Å². The zero-order chi connectivity index (χ0) is 13.3. The molecule has 0 saturated heterocycles. The van der Waals surface area contributed by atoms with Crippen LogP contribution in [0.2, 0.25) is 0 Å². The van der Waals surface area contributed by atoms with Gasteiger partial charge < -0.3 is 10.1 Å². The van der Waals surface area contributed by atoms with Gasteiger partial charge in [0.25, 0.3) is 0 Å². The van der Waals surface area contributed by atoms with Gasteiger partial charge in [-0.05, 0) is 33.4 Å². The van der Waals surface area contributed by atoms with Crippen LogP contribution in [0.4, 0.5) is 0 Å². The van der Waals surface area contributed by atoms with Crippen LogP contribution in [0.1, 0.15) is 47.0 Å². The van der Waals surface area contributed by atoms with Crippen LogP contribution in [-0.2, 0) is 4.74 Å². The molecule has 104 valence electrons. The zero-order valence-electron chi connectivity index (χ0n) is 12.6. The van der Waals surface area contributed by atoms with Gasteiger partial charge in [-0.2, -0.15) is 0 Å². The number of hydrogen-bond acceptors (Lipinski definition) is 3. The Kier molecular flexibility index (Phi) is 9.79. The maximum absolute atomic E-state index is 5.29. The van der Waals surface area contributed by atoms with Gasteiger partial charge in [-0.3, -0.25) is 4.90 Å². The molecule has 0 amide bonds. The van der Waals surface area contributed by atoms with E-state index in [1.807, 2.05) is 0 Å². The van der Waals surface area contributed by atoms with Gasteiger partial charge in [0.1, 0.15) is 0 Å². The molecule has 0 aromatic carbocycles. The lowest BCUT2D eigenvalue weighted by molar-refractivity contribution is 0.0565. The highest BCUT2D eigenvalue weighted by atomic mass is 16.5. The molecule has 3 atom stereocenters. The minimum absolute atomic E-state index is 0.489. The van der Waals surface area contributed by atoms with Crippen molar-refractivity contribution in [3.8, 4) is 0 Å². The monoisotopic (exact) mass is 244 g/mol. The number of hydrogen-bond donors (Lipinski definition) is 1. The van der Waals surface area contributed by atoms with Crippen LogP contribution >= 0.6 is 0 Å². The van der Waals surface area contributed by atoms with Crippen molar-refractivity contribution in [2.75, 3.05) is 27.3 Å². The molecule has 0 saturated carbocycles. The number of ether oxygens (including phenoxy) is 1. The molecule has 0 radical (unpaired) electrons.